The van der Waals surface area contributed by atoms with Gasteiger partial charge in [-0.05, 0) is 20.4 Å². The van der Waals surface area contributed by atoms with E-state index in [1.807, 2.05) is 7.05 Å². The van der Waals surface area contributed by atoms with Gasteiger partial charge in [-0.2, -0.15) is 0 Å². The zero-order chi connectivity index (χ0) is 15.6. The van der Waals surface area contributed by atoms with Crippen molar-refractivity contribution >= 4 is 0 Å². The maximum absolute atomic E-state index is 5.50. The molecule has 0 aliphatic rings. The molecule has 128 valence electrons. The standard InChI is InChI=1S/C15H33NO5/c1-4-15(2)21-14-13-20-12-11-19-10-9-18-8-7-17-6-5-16-3/h15-16H,4-14H2,1-3H3. The molecule has 0 amide bonds. The number of likely N-dealkylation sites (N-methyl/N-ethyl adjacent to an activating group) is 1. The van der Waals surface area contributed by atoms with E-state index in [2.05, 4.69) is 19.2 Å². The van der Waals surface area contributed by atoms with E-state index >= 15 is 0 Å². The second-order valence-corrected chi connectivity index (χ2v) is 4.64. The monoisotopic (exact) mass is 307 g/mol. The molecule has 0 heterocycles. The maximum atomic E-state index is 5.50. The highest BCUT2D eigenvalue weighted by atomic mass is 16.6. The van der Waals surface area contributed by atoms with Gasteiger partial charge in [-0.15, -0.1) is 0 Å². The highest BCUT2D eigenvalue weighted by Crippen LogP contribution is 1.94. The van der Waals surface area contributed by atoms with Crippen LogP contribution < -0.4 is 5.32 Å². The van der Waals surface area contributed by atoms with Crippen molar-refractivity contribution in [2.24, 2.45) is 0 Å². The van der Waals surface area contributed by atoms with E-state index in [9.17, 15) is 0 Å². The summed E-state index contributed by atoms with van der Waals surface area (Å²) in [5, 5.41) is 3.01. The number of hydrogen-bond acceptors (Lipinski definition) is 6. The Balaban J connectivity index is 2.96. The third-order valence-electron chi connectivity index (χ3n) is 2.82. The van der Waals surface area contributed by atoms with E-state index in [1.165, 1.54) is 0 Å². The second-order valence-electron chi connectivity index (χ2n) is 4.64. The molecule has 0 fully saturated rings. The topological polar surface area (TPSA) is 58.2 Å². The summed E-state index contributed by atoms with van der Waals surface area (Å²) in [6.45, 7) is 10.6. The van der Waals surface area contributed by atoms with E-state index in [-0.39, 0.29) is 0 Å². The van der Waals surface area contributed by atoms with Gasteiger partial charge in [0.15, 0.2) is 0 Å². The van der Waals surface area contributed by atoms with Crippen LogP contribution in [0.25, 0.3) is 0 Å². The molecule has 0 saturated heterocycles. The number of ether oxygens (including phenoxy) is 5. The van der Waals surface area contributed by atoms with Crippen molar-refractivity contribution in [3.8, 4) is 0 Å². The fourth-order valence-corrected chi connectivity index (χ4v) is 1.36. The normalized spacial score (nSPS) is 12.7. The first-order valence-electron chi connectivity index (χ1n) is 7.88. The molecule has 0 aliphatic carbocycles. The molecule has 0 aromatic heterocycles. The van der Waals surface area contributed by atoms with E-state index in [1.54, 1.807) is 0 Å². The van der Waals surface area contributed by atoms with E-state index in [4.69, 9.17) is 23.7 Å². The predicted molar refractivity (Wildman–Crippen MR) is 82.9 cm³/mol. The summed E-state index contributed by atoms with van der Waals surface area (Å²) >= 11 is 0. The van der Waals surface area contributed by atoms with Crippen LogP contribution in [0.2, 0.25) is 0 Å². The summed E-state index contributed by atoms with van der Waals surface area (Å²) in [5.74, 6) is 0. The molecule has 6 heteroatoms. The minimum Gasteiger partial charge on any atom is -0.378 e. The number of nitrogens with one attached hydrogen (secondary N) is 1. The van der Waals surface area contributed by atoms with Crippen molar-refractivity contribution in [2.75, 3.05) is 73.1 Å². The first-order valence-corrected chi connectivity index (χ1v) is 7.88. The molecule has 0 aromatic rings. The van der Waals surface area contributed by atoms with Gasteiger partial charge in [0.05, 0.1) is 65.6 Å². The lowest BCUT2D eigenvalue weighted by Gasteiger charge is -2.10. The van der Waals surface area contributed by atoms with Crippen molar-refractivity contribution in [2.45, 2.75) is 26.4 Å². The Kier molecular flexibility index (Phi) is 17.6. The highest BCUT2D eigenvalue weighted by Gasteiger charge is 1.97. The highest BCUT2D eigenvalue weighted by molar-refractivity contribution is 4.43. The van der Waals surface area contributed by atoms with Crippen LogP contribution in [0.15, 0.2) is 0 Å². The van der Waals surface area contributed by atoms with Gasteiger partial charge in [-0.25, -0.2) is 0 Å². The van der Waals surface area contributed by atoms with Crippen molar-refractivity contribution in [1.29, 1.82) is 0 Å². The van der Waals surface area contributed by atoms with Gasteiger partial charge in [0.25, 0.3) is 0 Å². The van der Waals surface area contributed by atoms with Gasteiger partial charge in [-0.3, -0.25) is 0 Å². The molecular formula is C15H33NO5. The Hall–Kier alpha value is -0.240. The largest absolute Gasteiger partial charge is 0.378 e. The molecule has 0 spiro atoms. The van der Waals surface area contributed by atoms with E-state index in [0.29, 0.717) is 65.6 Å². The summed E-state index contributed by atoms with van der Waals surface area (Å²) in [6.07, 6.45) is 1.34. The summed E-state index contributed by atoms with van der Waals surface area (Å²) in [6, 6.07) is 0. The van der Waals surface area contributed by atoms with Crippen LogP contribution in [0.5, 0.6) is 0 Å². The molecule has 6 nitrogen and oxygen atoms in total. The summed E-state index contributed by atoms with van der Waals surface area (Å²) < 4.78 is 27.0. The molecular weight excluding hydrogens is 274 g/mol. The third kappa shape index (κ3) is 17.7. The van der Waals surface area contributed by atoms with Crippen LogP contribution in [-0.4, -0.2) is 79.2 Å². The van der Waals surface area contributed by atoms with Gasteiger partial charge in [0, 0.05) is 6.54 Å². The molecule has 0 saturated carbocycles. The lowest BCUT2D eigenvalue weighted by Crippen LogP contribution is -2.17. The van der Waals surface area contributed by atoms with Gasteiger partial charge in [0.2, 0.25) is 0 Å². The Bertz CT molecular complexity index is 195. The lowest BCUT2D eigenvalue weighted by atomic mass is 10.3. The second kappa shape index (κ2) is 17.8. The molecule has 1 atom stereocenters. The molecule has 21 heavy (non-hydrogen) atoms. The molecule has 0 radical (unpaired) electrons. The van der Waals surface area contributed by atoms with Crippen LogP contribution in [0.4, 0.5) is 0 Å². The fourth-order valence-electron chi connectivity index (χ4n) is 1.36. The molecule has 1 unspecified atom stereocenters. The molecule has 0 aromatic carbocycles. The van der Waals surface area contributed by atoms with Crippen LogP contribution >= 0.6 is 0 Å². The molecule has 0 rings (SSSR count). The average molecular weight is 307 g/mol. The van der Waals surface area contributed by atoms with Gasteiger partial charge in [-0.1, -0.05) is 6.92 Å². The zero-order valence-corrected chi connectivity index (χ0v) is 13.9. The van der Waals surface area contributed by atoms with Crippen molar-refractivity contribution in [3.63, 3.8) is 0 Å². The van der Waals surface area contributed by atoms with Crippen LogP contribution in [0, 0.1) is 0 Å². The van der Waals surface area contributed by atoms with Gasteiger partial charge in [0.1, 0.15) is 0 Å². The first-order chi connectivity index (χ1) is 10.3. The smallest absolute Gasteiger partial charge is 0.0704 e. The number of rotatable bonds is 17. The molecule has 0 aliphatic heterocycles. The van der Waals surface area contributed by atoms with Crippen LogP contribution in [-0.2, 0) is 23.7 Å². The Labute approximate surface area is 129 Å². The quantitative estimate of drug-likeness (QED) is 0.406. The summed E-state index contributed by atoms with van der Waals surface area (Å²) in [5.41, 5.74) is 0. The Morgan fingerprint density at radius 1 is 0.714 bits per heavy atom. The SMILES string of the molecule is CCC(C)OCCOCCOCCOCCOCCNC. The van der Waals surface area contributed by atoms with Gasteiger partial charge >= 0.3 is 0 Å². The Morgan fingerprint density at radius 3 is 1.57 bits per heavy atom. The average Bonchev–Trinajstić information content (AvgIpc) is 2.50. The lowest BCUT2D eigenvalue weighted by molar-refractivity contribution is -0.0201. The van der Waals surface area contributed by atoms with E-state index in [0.717, 1.165) is 13.0 Å². The summed E-state index contributed by atoms with van der Waals surface area (Å²) in [7, 11) is 1.90. The first kappa shape index (κ1) is 20.8. The van der Waals surface area contributed by atoms with Gasteiger partial charge < -0.3 is 29.0 Å². The molecule has 0 bridgehead atoms. The Morgan fingerprint density at radius 2 is 1.14 bits per heavy atom. The fraction of sp³-hybridized carbons (Fsp3) is 1.00. The number of hydrogen-bond donors (Lipinski definition) is 1. The van der Waals surface area contributed by atoms with Crippen LogP contribution in [0.1, 0.15) is 20.3 Å². The minimum atomic E-state index is 0.309. The molecule has 1 N–H and O–H groups in total. The van der Waals surface area contributed by atoms with Crippen molar-refractivity contribution < 1.29 is 23.7 Å². The van der Waals surface area contributed by atoms with Crippen molar-refractivity contribution in [1.82, 2.24) is 5.32 Å². The summed E-state index contributed by atoms with van der Waals surface area (Å²) in [4.78, 5) is 0. The third-order valence-corrected chi connectivity index (χ3v) is 2.82. The van der Waals surface area contributed by atoms with E-state index < -0.39 is 0 Å². The predicted octanol–water partition coefficient (Wildman–Crippen LogP) is 1.09. The maximum Gasteiger partial charge on any atom is 0.0704 e. The van der Waals surface area contributed by atoms with Crippen molar-refractivity contribution in [3.05, 3.63) is 0 Å². The zero-order valence-electron chi connectivity index (χ0n) is 13.9. The minimum absolute atomic E-state index is 0.309. The van der Waals surface area contributed by atoms with Crippen LogP contribution in [0.3, 0.4) is 0 Å².